The molecule has 0 amide bonds. The molecule has 4 N–H and O–H groups in total. The van der Waals surface area contributed by atoms with E-state index in [2.05, 4.69) is 0 Å². The van der Waals surface area contributed by atoms with Crippen molar-refractivity contribution in [2.24, 2.45) is 11.5 Å². The first kappa shape index (κ1) is 16.2. The lowest BCUT2D eigenvalue weighted by molar-refractivity contribution is 0.0337. The van der Waals surface area contributed by atoms with Crippen molar-refractivity contribution >= 4 is 0 Å². The lowest BCUT2D eigenvalue weighted by Crippen LogP contribution is -2.66. The van der Waals surface area contributed by atoms with Crippen LogP contribution >= 0.6 is 0 Å². The first-order chi connectivity index (χ1) is 11.5. The molecule has 0 atom stereocenters. The molecule has 0 saturated carbocycles. The van der Waals surface area contributed by atoms with Crippen LogP contribution in [0.15, 0.2) is 91.0 Å². The van der Waals surface area contributed by atoms with E-state index in [1.165, 1.54) is 0 Å². The van der Waals surface area contributed by atoms with E-state index in [0.29, 0.717) is 5.75 Å². The Morgan fingerprint density at radius 1 is 0.625 bits per heavy atom. The molecule has 0 fully saturated rings. The fraction of sp³-hybridized carbons (Fsp3) is 0.143. The summed E-state index contributed by atoms with van der Waals surface area (Å²) < 4.78 is 6.49. The summed E-state index contributed by atoms with van der Waals surface area (Å²) in [7, 11) is 0. The highest BCUT2D eigenvalue weighted by Gasteiger charge is 2.49. The smallest absolute Gasteiger partial charge is 0.189 e. The molecule has 0 heterocycles. The zero-order valence-corrected chi connectivity index (χ0v) is 13.7. The normalized spacial score (nSPS) is 12.0. The fourth-order valence-corrected chi connectivity index (χ4v) is 3.03. The molecule has 0 aliphatic heterocycles. The molecule has 3 aromatic rings. The third-order valence-electron chi connectivity index (χ3n) is 4.13. The largest absolute Gasteiger partial charge is 0.474 e. The monoisotopic (exact) mass is 318 g/mol. The van der Waals surface area contributed by atoms with Crippen molar-refractivity contribution in [3.8, 4) is 5.75 Å². The van der Waals surface area contributed by atoms with Crippen molar-refractivity contribution in [2.75, 3.05) is 0 Å². The third kappa shape index (κ3) is 2.92. The SMILES string of the molecule is CC(N)(N)C(Oc1ccccc1)(c1ccccc1)c1ccccc1. The number of rotatable bonds is 5. The van der Waals surface area contributed by atoms with Crippen LogP contribution in [0.4, 0.5) is 0 Å². The molecule has 0 bridgehead atoms. The first-order valence-corrected chi connectivity index (χ1v) is 7.97. The maximum absolute atomic E-state index is 6.49. The molecule has 24 heavy (non-hydrogen) atoms. The Hall–Kier alpha value is -2.62. The third-order valence-corrected chi connectivity index (χ3v) is 4.13. The minimum atomic E-state index is -1.15. The van der Waals surface area contributed by atoms with Gasteiger partial charge in [0.2, 0.25) is 0 Å². The molecular formula is C21H22N2O. The van der Waals surface area contributed by atoms with Gasteiger partial charge in [0.05, 0.1) is 0 Å². The Balaban J connectivity index is 2.25. The molecule has 122 valence electrons. The van der Waals surface area contributed by atoms with Crippen molar-refractivity contribution in [1.82, 2.24) is 0 Å². The summed E-state index contributed by atoms with van der Waals surface area (Å²) in [6.07, 6.45) is 0. The standard InChI is InChI=1S/C21H22N2O/c1-20(22,23)21(17-11-5-2-6-12-17,18-13-7-3-8-14-18)24-19-15-9-4-10-16-19/h2-16H,22-23H2,1H3. The van der Waals surface area contributed by atoms with Crippen LogP contribution in [-0.4, -0.2) is 5.66 Å². The van der Waals surface area contributed by atoms with Gasteiger partial charge in [-0.25, -0.2) is 0 Å². The molecule has 0 aromatic heterocycles. The van der Waals surface area contributed by atoms with Gasteiger partial charge in [0, 0.05) is 11.1 Å². The molecule has 0 unspecified atom stereocenters. The molecular weight excluding hydrogens is 296 g/mol. The van der Waals surface area contributed by atoms with E-state index in [4.69, 9.17) is 16.2 Å². The van der Waals surface area contributed by atoms with E-state index in [9.17, 15) is 0 Å². The van der Waals surface area contributed by atoms with Crippen LogP contribution in [0, 0.1) is 0 Å². The topological polar surface area (TPSA) is 61.3 Å². The average Bonchev–Trinajstić information content (AvgIpc) is 2.61. The van der Waals surface area contributed by atoms with Gasteiger partial charge in [0.25, 0.3) is 0 Å². The Morgan fingerprint density at radius 2 is 1.00 bits per heavy atom. The van der Waals surface area contributed by atoms with E-state index in [-0.39, 0.29) is 0 Å². The van der Waals surface area contributed by atoms with Gasteiger partial charge in [-0.3, -0.25) is 0 Å². The second-order valence-electron chi connectivity index (χ2n) is 6.11. The lowest BCUT2D eigenvalue weighted by atomic mass is 9.77. The highest BCUT2D eigenvalue weighted by atomic mass is 16.5. The molecule has 3 nitrogen and oxygen atoms in total. The molecule has 0 spiro atoms. The molecule has 0 saturated heterocycles. The number of ether oxygens (including phenoxy) is 1. The first-order valence-electron chi connectivity index (χ1n) is 7.97. The zero-order chi connectivity index (χ0) is 17.0. The van der Waals surface area contributed by atoms with E-state index in [1.54, 1.807) is 6.92 Å². The average molecular weight is 318 g/mol. The van der Waals surface area contributed by atoms with Crippen LogP contribution in [0.3, 0.4) is 0 Å². The number of para-hydroxylation sites is 1. The summed E-state index contributed by atoms with van der Waals surface area (Å²) in [5, 5.41) is 0. The molecule has 0 radical (unpaired) electrons. The maximum atomic E-state index is 6.49. The summed E-state index contributed by atoms with van der Waals surface area (Å²) in [6.45, 7) is 1.79. The lowest BCUT2D eigenvalue weighted by Gasteiger charge is -2.44. The van der Waals surface area contributed by atoms with Crippen LogP contribution < -0.4 is 16.2 Å². The van der Waals surface area contributed by atoms with E-state index < -0.39 is 11.3 Å². The van der Waals surface area contributed by atoms with Crippen molar-refractivity contribution < 1.29 is 4.74 Å². The minimum Gasteiger partial charge on any atom is -0.474 e. The van der Waals surface area contributed by atoms with Gasteiger partial charge < -0.3 is 16.2 Å². The summed E-state index contributed by atoms with van der Waals surface area (Å²) in [6, 6.07) is 29.4. The van der Waals surface area contributed by atoms with Gasteiger partial charge in [-0.05, 0) is 19.1 Å². The summed E-state index contributed by atoms with van der Waals surface area (Å²) in [5.41, 5.74) is 12.6. The predicted molar refractivity (Wildman–Crippen MR) is 97.5 cm³/mol. The predicted octanol–water partition coefficient (Wildman–Crippen LogP) is 3.64. The van der Waals surface area contributed by atoms with Gasteiger partial charge in [0.1, 0.15) is 11.4 Å². The summed E-state index contributed by atoms with van der Waals surface area (Å²) >= 11 is 0. The highest BCUT2D eigenvalue weighted by Crippen LogP contribution is 2.40. The van der Waals surface area contributed by atoms with Crippen LogP contribution in [0.5, 0.6) is 5.75 Å². The van der Waals surface area contributed by atoms with Crippen molar-refractivity contribution in [3.63, 3.8) is 0 Å². The summed E-state index contributed by atoms with van der Waals surface area (Å²) in [5.74, 6) is 0.715. The Labute approximate surface area is 142 Å². The van der Waals surface area contributed by atoms with Crippen LogP contribution in [0.25, 0.3) is 0 Å². The second-order valence-corrected chi connectivity index (χ2v) is 6.11. The van der Waals surface area contributed by atoms with Crippen molar-refractivity contribution in [1.29, 1.82) is 0 Å². The van der Waals surface area contributed by atoms with Crippen LogP contribution in [0.1, 0.15) is 18.1 Å². The number of benzene rings is 3. The zero-order valence-electron chi connectivity index (χ0n) is 13.7. The maximum Gasteiger partial charge on any atom is 0.189 e. The van der Waals surface area contributed by atoms with Gasteiger partial charge in [-0.2, -0.15) is 0 Å². The van der Waals surface area contributed by atoms with E-state index >= 15 is 0 Å². The van der Waals surface area contributed by atoms with Gasteiger partial charge in [-0.1, -0.05) is 78.9 Å². The van der Waals surface area contributed by atoms with E-state index in [0.717, 1.165) is 11.1 Å². The Morgan fingerprint density at radius 3 is 1.38 bits per heavy atom. The second kappa shape index (κ2) is 6.48. The molecule has 0 aliphatic carbocycles. The fourth-order valence-electron chi connectivity index (χ4n) is 3.03. The van der Waals surface area contributed by atoms with Gasteiger partial charge in [-0.15, -0.1) is 0 Å². The van der Waals surface area contributed by atoms with Gasteiger partial charge >= 0.3 is 0 Å². The van der Waals surface area contributed by atoms with Gasteiger partial charge in [0.15, 0.2) is 5.60 Å². The number of nitrogens with two attached hydrogens (primary N) is 2. The molecule has 3 rings (SSSR count). The van der Waals surface area contributed by atoms with Crippen molar-refractivity contribution in [3.05, 3.63) is 102 Å². The van der Waals surface area contributed by atoms with E-state index in [1.807, 2.05) is 91.0 Å². The highest BCUT2D eigenvalue weighted by molar-refractivity contribution is 5.42. The van der Waals surface area contributed by atoms with Crippen LogP contribution in [0.2, 0.25) is 0 Å². The number of hydrogen-bond donors (Lipinski definition) is 2. The number of hydrogen-bond acceptors (Lipinski definition) is 3. The van der Waals surface area contributed by atoms with Crippen LogP contribution in [-0.2, 0) is 5.60 Å². The molecule has 3 heteroatoms. The summed E-state index contributed by atoms with van der Waals surface area (Å²) in [4.78, 5) is 0. The van der Waals surface area contributed by atoms with Crippen molar-refractivity contribution in [2.45, 2.75) is 18.2 Å². The molecule has 0 aliphatic rings. The minimum absolute atomic E-state index is 0.715. The molecule has 3 aromatic carbocycles. The Bertz CT molecular complexity index is 726. The Kier molecular flexibility index (Phi) is 4.38. The quantitative estimate of drug-likeness (QED) is 0.706.